The summed E-state index contributed by atoms with van der Waals surface area (Å²) in [5, 5.41) is 0. The molecule has 1 rings (SSSR count). The van der Waals surface area contributed by atoms with Gasteiger partial charge in [-0.05, 0) is 20.3 Å². The lowest BCUT2D eigenvalue weighted by Gasteiger charge is -2.34. The van der Waals surface area contributed by atoms with Crippen LogP contribution >= 0.6 is 0 Å². The van der Waals surface area contributed by atoms with Crippen LogP contribution in [-0.4, -0.2) is 67.3 Å². The van der Waals surface area contributed by atoms with E-state index < -0.39 is 0 Å². The molecule has 0 saturated carbocycles. The van der Waals surface area contributed by atoms with E-state index in [1.165, 1.54) is 0 Å². The van der Waals surface area contributed by atoms with Crippen molar-refractivity contribution in [1.29, 1.82) is 0 Å². The zero-order chi connectivity index (χ0) is 15.0. The van der Waals surface area contributed by atoms with Gasteiger partial charge in [0.1, 0.15) is 0 Å². The van der Waals surface area contributed by atoms with Gasteiger partial charge in [-0.2, -0.15) is 0 Å². The number of amides is 2. The van der Waals surface area contributed by atoms with Crippen LogP contribution in [0.5, 0.6) is 0 Å². The zero-order valence-corrected chi connectivity index (χ0v) is 12.8. The minimum Gasteiger partial charge on any atom is -0.353 e. The molecule has 0 aromatic rings. The highest BCUT2D eigenvalue weighted by Crippen LogP contribution is 2.09. The van der Waals surface area contributed by atoms with Crippen molar-refractivity contribution in [2.45, 2.75) is 39.9 Å². The molecule has 0 aromatic carbocycles. The molecular weight excluding hydrogens is 260 g/mol. The van der Waals surface area contributed by atoms with E-state index in [0.717, 1.165) is 6.42 Å². The van der Waals surface area contributed by atoms with E-state index in [9.17, 15) is 9.59 Å². The fourth-order valence-corrected chi connectivity index (χ4v) is 2.23. The van der Waals surface area contributed by atoms with Crippen molar-refractivity contribution >= 4 is 11.8 Å². The molecule has 0 aliphatic carbocycles. The number of ether oxygens (including phenoxy) is 2. The summed E-state index contributed by atoms with van der Waals surface area (Å²) < 4.78 is 10.9. The lowest BCUT2D eigenvalue weighted by molar-refractivity contribution is -0.156. The highest BCUT2D eigenvalue weighted by Gasteiger charge is 2.29. The van der Waals surface area contributed by atoms with Gasteiger partial charge in [-0.25, -0.2) is 0 Å². The third-order valence-corrected chi connectivity index (χ3v) is 3.19. The molecule has 6 heteroatoms. The molecule has 0 atom stereocenters. The van der Waals surface area contributed by atoms with Crippen LogP contribution in [0.4, 0.5) is 0 Å². The Labute approximate surface area is 121 Å². The number of rotatable bonds is 9. The first kappa shape index (κ1) is 16.9. The van der Waals surface area contributed by atoms with E-state index in [2.05, 4.69) is 0 Å². The van der Waals surface area contributed by atoms with Crippen LogP contribution in [0.15, 0.2) is 0 Å². The molecule has 1 aliphatic rings. The minimum absolute atomic E-state index is 0.00444. The second-order valence-electron chi connectivity index (χ2n) is 4.76. The van der Waals surface area contributed by atoms with E-state index in [-0.39, 0.29) is 31.2 Å². The van der Waals surface area contributed by atoms with Gasteiger partial charge < -0.3 is 19.3 Å². The summed E-state index contributed by atoms with van der Waals surface area (Å²) in [6.45, 7) is 8.47. The van der Waals surface area contributed by atoms with Crippen LogP contribution in [0, 0.1) is 0 Å². The fraction of sp³-hybridized carbons (Fsp3) is 0.857. The smallest absolute Gasteiger partial charge is 0.242 e. The second kappa shape index (κ2) is 8.92. The third kappa shape index (κ3) is 5.09. The Balaban J connectivity index is 2.44. The average Bonchev–Trinajstić information content (AvgIpc) is 2.41. The van der Waals surface area contributed by atoms with Crippen LogP contribution in [0.3, 0.4) is 0 Å². The predicted octanol–water partition coefficient (Wildman–Crippen LogP) is 0.856. The Morgan fingerprint density at radius 1 is 0.950 bits per heavy atom. The molecule has 20 heavy (non-hydrogen) atoms. The number of hydrogen-bond acceptors (Lipinski definition) is 4. The first-order valence-electron chi connectivity index (χ1n) is 7.41. The van der Waals surface area contributed by atoms with Gasteiger partial charge in [0, 0.05) is 32.7 Å². The van der Waals surface area contributed by atoms with Crippen LogP contribution in [0.1, 0.15) is 33.6 Å². The molecule has 1 fully saturated rings. The third-order valence-electron chi connectivity index (χ3n) is 3.19. The predicted molar refractivity (Wildman–Crippen MR) is 75.1 cm³/mol. The first-order chi connectivity index (χ1) is 9.62. The topological polar surface area (TPSA) is 59.1 Å². The molecule has 0 spiro atoms. The minimum atomic E-state index is -0.304. The van der Waals surface area contributed by atoms with Gasteiger partial charge in [0.2, 0.25) is 11.8 Å². The molecule has 0 aromatic heterocycles. The van der Waals surface area contributed by atoms with E-state index in [4.69, 9.17) is 9.47 Å². The largest absolute Gasteiger partial charge is 0.353 e. The first-order valence-corrected chi connectivity index (χ1v) is 7.41. The average molecular weight is 286 g/mol. The van der Waals surface area contributed by atoms with E-state index in [0.29, 0.717) is 32.7 Å². The van der Waals surface area contributed by atoms with Crippen molar-refractivity contribution in [2.24, 2.45) is 0 Å². The SMILES string of the molecule is CCCN1CC(=O)N(CCC(OCC)OCC)CC1=O. The highest BCUT2D eigenvalue weighted by molar-refractivity contribution is 5.92. The molecule has 0 radical (unpaired) electrons. The summed E-state index contributed by atoms with van der Waals surface area (Å²) in [5.41, 5.74) is 0. The molecule has 1 heterocycles. The van der Waals surface area contributed by atoms with Crippen molar-refractivity contribution < 1.29 is 19.1 Å². The lowest BCUT2D eigenvalue weighted by Crippen LogP contribution is -2.54. The van der Waals surface area contributed by atoms with Crippen LogP contribution in [-0.2, 0) is 19.1 Å². The Hall–Kier alpha value is -1.14. The Kier molecular flexibility index (Phi) is 7.54. The number of hydrogen-bond donors (Lipinski definition) is 0. The van der Waals surface area contributed by atoms with Crippen molar-refractivity contribution in [1.82, 2.24) is 9.80 Å². The van der Waals surface area contributed by atoms with Gasteiger partial charge in [0.25, 0.3) is 0 Å². The van der Waals surface area contributed by atoms with Gasteiger partial charge in [-0.1, -0.05) is 6.92 Å². The number of carbonyl (C=O) groups excluding carboxylic acids is 2. The Bertz CT molecular complexity index is 316. The van der Waals surface area contributed by atoms with Gasteiger partial charge in [0.05, 0.1) is 13.1 Å². The number of piperazine rings is 1. The maximum atomic E-state index is 12.0. The van der Waals surface area contributed by atoms with E-state index in [1.54, 1.807) is 9.80 Å². The highest BCUT2D eigenvalue weighted by atomic mass is 16.7. The van der Waals surface area contributed by atoms with Gasteiger partial charge >= 0.3 is 0 Å². The van der Waals surface area contributed by atoms with Crippen molar-refractivity contribution in [3.8, 4) is 0 Å². The molecule has 1 aliphatic heterocycles. The summed E-state index contributed by atoms with van der Waals surface area (Å²) in [6, 6.07) is 0. The van der Waals surface area contributed by atoms with Gasteiger partial charge in [-0.15, -0.1) is 0 Å². The van der Waals surface area contributed by atoms with E-state index in [1.807, 2.05) is 20.8 Å². The molecule has 116 valence electrons. The summed E-state index contributed by atoms with van der Waals surface area (Å²) in [7, 11) is 0. The summed E-state index contributed by atoms with van der Waals surface area (Å²) >= 11 is 0. The number of carbonyl (C=O) groups is 2. The Morgan fingerprint density at radius 2 is 1.45 bits per heavy atom. The maximum Gasteiger partial charge on any atom is 0.242 e. The summed E-state index contributed by atoms with van der Waals surface area (Å²) in [4.78, 5) is 27.1. The summed E-state index contributed by atoms with van der Waals surface area (Å²) in [5.74, 6) is 0.0283. The van der Waals surface area contributed by atoms with Gasteiger partial charge in [0.15, 0.2) is 6.29 Å². The molecule has 6 nitrogen and oxygen atoms in total. The normalized spacial score (nSPS) is 16.4. The van der Waals surface area contributed by atoms with E-state index >= 15 is 0 Å². The van der Waals surface area contributed by atoms with Crippen LogP contribution in [0.25, 0.3) is 0 Å². The van der Waals surface area contributed by atoms with Crippen molar-refractivity contribution in [3.05, 3.63) is 0 Å². The van der Waals surface area contributed by atoms with Gasteiger partial charge in [-0.3, -0.25) is 9.59 Å². The van der Waals surface area contributed by atoms with Crippen LogP contribution < -0.4 is 0 Å². The summed E-state index contributed by atoms with van der Waals surface area (Å²) in [6.07, 6.45) is 1.16. The second-order valence-corrected chi connectivity index (χ2v) is 4.76. The maximum absolute atomic E-state index is 12.0. The molecule has 2 amide bonds. The molecule has 1 saturated heterocycles. The molecular formula is C14H26N2O4. The monoisotopic (exact) mass is 286 g/mol. The lowest BCUT2D eigenvalue weighted by atomic mass is 10.2. The van der Waals surface area contributed by atoms with Crippen molar-refractivity contribution in [2.75, 3.05) is 39.4 Å². The molecule has 0 bridgehead atoms. The quantitative estimate of drug-likeness (QED) is 0.590. The number of nitrogens with zero attached hydrogens (tertiary/aromatic N) is 2. The molecule has 0 unspecified atom stereocenters. The Morgan fingerprint density at radius 3 is 1.90 bits per heavy atom. The fourth-order valence-electron chi connectivity index (χ4n) is 2.23. The standard InChI is InChI=1S/C14H26N2O4/c1-4-8-15-10-13(18)16(11-12(15)17)9-7-14(19-5-2)20-6-3/h14H,4-11H2,1-3H3. The van der Waals surface area contributed by atoms with Crippen molar-refractivity contribution in [3.63, 3.8) is 0 Å². The van der Waals surface area contributed by atoms with Crippen LogP contribution in [0.2, 0.25) is 0 Å². The molecule has 0 N–H and O–H groups in total. The zero-order valence-electron chi connectivity index (χ0n) is 12.8.